The third-order valence-electron chi connectivity index (χ3n) is 4.15. The van der Waals surface area contributed by atoms with Crippen LogP contribution >= 0.6 is 0 Å². The Hall–Kier alpha value is -3.21. The van der Waals surface area contributed by atoms with E-state index in [-0.39, 0.29) is 0 Å². The molecule has 2 aromatic rings. The highest BCUT2D eigenvalue weighted by Crippen LogP contribution is 2.35. The van der Waals surface area contributed by atoms with Gasteiger partial charge in [0.15, 0.2) is 0 Å². The Morgan fingerprint density at radius 1 is 0.923 bits per heavy atom. The molecule has 0 radical (unpaired) electrons. The van der Waals surface area contributed by atoms with Crippen LogP contribution in [0.2, 0.25) is 0 Å². The van der Waals surface area contributed by atoms with Crippen molar-refractivity contribution in [2.75, 3.05) is 21.3 Å². The minimum absolute atomic E-state index is 0.413. The van der Waals surface area contributed by atoms with Crippen LogP contribution in [0.3, 0.4) is 0 Å². The van der Waals surface area contributed by atoms with Gasteiger partial charge in [-0.15, -0.1) is 0 Å². The van der Waals surface area contributed by atoms with Crippen molar-refractivity contribution in [2.24, 2.45) is 0 Å². The fraction of sp³-hybridized carbons (Fsp3) is 0.190. The van der Waals surface area contributed by atoms with Crippen LogP contribution in [0.15, 0.2) is 48.0 Å². The molecule has 1 aliphatic heterocycles. The van der Waals surface area contributed by atoms with Crippen LogP contribution in [0, 0.1) is 6.92 Å². The van der Waals surface area contributed by atoms with Gasteiger partial charge < -0.3 is 18.9 Å². The fourth-order valence-electron chi connectivity index (χ4n) is 2.73. The second kappa shape index (κ2) is 7.35. The topological polar surface area (TPSA) is 54.0 Å². The quantitative estimate of drug-likeness (QED) is 0.601. The molecule has 1 aliphatic rings. The van der Waals surface area contributed by atoms with Gasteiger partial charge in [-0.2, -0.15) is 0 Å². The van der Waals surface area contributed by atoms with Crippen LogP contribution in [0.25, 0.3) is 11.8 Å². The summed E-state index contributed by atoms with van der Waals surface area (Å²) in [4.78, 5) is 12.3. The van der Waals surface area contributed by atoms with Crippen LogP contribution in [0.4, 0.5) is 0 Å². The summed E-state index contributed by atoms with van der Waals surface area (Å²) in [5.41, 5.74) is 3.00. The number of rotatable bonds is 5. The van der Waals surface area contributed by atoms with Gasteiger partial charge in [-0.3, -0.25) is 0 Å². The summed E-state index contributed by atoms with van der Waals surface area (Å²) in [6.07, 6.45) is 3.47. The number of carbonyl (C=O) groups excluding carboxylic acids is 1. The van der Waals surface area contributed by atoms with E-state index in [9.17, 15) is 4.79 Å². The summed E-state index contributed by atoms with van der Waals surface area (Å²) >= 11 is 0. The molecule has 5 nitrogen and oxygen atoms in total. The largest absolute Gasteiger partial charge is 0.497 e. The predicted octanol–water partition coefficient (Wildman–Crippen LogP) is 4.00. The van der Waals surface area contributed by atoms with E-state index >= 15 is 0 Å². The van der Waals surface area contributed by atoms with Crippen molar-refractivity contribution in [3.8, 4) is 17.2 Å². The molecule has 0 spiro atoms. The lowest BCUT2D eigenvalue weighted by Gasteiger charge is -2.10. The smallest absolute Gasteiger partial charge is 0.343 e. The molecule has 0 atom stereocenters. The minimum Gasteiger partial charge on any atom is -0.497 e. The molecule has 0 aliphatic carbocycles. The van der Waals surface area contributed by atoms with Crippen LogP contribution < -0.4 is 14.2 Å². The summed E-state index contributed by atoms with van der Waals surface area (Å²) in [6.45, 7) is 1.96. The summed E-state index contributed by atoms with van der Waals surface area (Å²) in [5, 5.41) is 0. The molecule has 26 heavy (non-hydrogen) atoms. The van der Waals surface area contributed by atoms with Gasteiger partial charge in [0.1, 0.15) is 23.0 Å². The maximum atomic E-state index is 12.3. The number of aryl methyl sites for hydroxylation is 1. The molecule has 0 unspecified atom stereocenters. The van der Waals surface area contributed by atoms with Crippen molar-refractivity contribution < 1.29 is 23.7 Å². The van der Waals surface area contributed by atoms with E-state index < -0.39 is 5.97 Å². The zero-order valence-electron chi connectivity index (χ0n) is 15.2. The van der Waals surface area contributed by atoms with Crippen LogP contribution in [0.1, 0.15) is 16.7 Å². The standard InChI is InChI=1S/C21H20O5/c1-13-5-6-14(10-19(13)25-4)9-15-11-20(26-21(15)22)17-12-16(23-2)7-8-18(17)24-3/h5-12H,1-4H3/b15-9-. The number of esters is 1. The summed E-state index contributed by atoms with van der Waals surface area (Å²) in [5.74, 6) is 2.03. The molecule has 0 N–H and O–H groups in total. The van der Waals surface area contributed by atoms with Gasteiger partial charge in [0.2, 0.25) is 0 Å². The average Bonchev–Trinajstić information content (AvgIpc) is 3.03. The molecule has 0 fully saturated rings. The minimum atomic E-state index is -0.413. The van der Waals surface area contributed by atoms with E-state index in [2.05, 4.69) is 0 Å². The molecular formula is C21H20O5. The molecule has 0 aromatic heterocycles. The van der Waals surface area contributed by atoms with Crippen molar-refractivity contribution in [1.29, 1.82) is 0 Å². The van der Waals surface area contributed by atoms with Crippen LogP contribution in [-0.2, 0) is 9.53 Å². The SMILES string of the molecule is COc1ccc(OC)c(C2=C/C(=C/c3ccc(C)c(OC)c3)C(=O)O2)c1. The number of methoxy groups -OCH3 is 3. The van der Waals surface area contributed by atoms with Gasteiger partial charge in [0, 0.05) is 0 Å². The van der Waals surface area contributed by atoms with Crippen molar-refractivity contribution in [1.82, 2.24) is 0 Å². The molecule has 3 rings (SSSR count). The molecule has 2 aromatic carbocycles. The molecular weight excluding hydrogens is 332 g/mol. The first kappa shape index (κ1) is 17.6. The molecule has 5 heteroatoms. The number of cyclic esters (lactones) is 1. The lowest BCUT2D eigenvalue weighted by atomic mass is 10.1. The first-order chi connectivity index (χ1) is 12.5. The Morgan fingerprint density at radius 3 is 2.38 bits per heavy atom. The molecule has 1 heterocycles. The second-order valence-electron chi connectivity index (χ2n) is 5.79. The first-order valence-electron chi connectivity index (χ1n) is 8.08. The van der Waals surface area contributed by atoms with E-state index in [1.807, 2.05) is 25.1 Å². The Labute approximate surface area is 152 Å². The Balaban J connectivity index is 1.99. The van der Waals surface area contributed by atoms with E-state index in [1.54, 1.807) is 51.7 Å². The van der Waals surface area contributed by atoms with Gasteiger partial charge in [-0.25, -0.2) is 4.79 Å². The molecule has 134 valence electrons. The third kappa shape index (κ3) is 3.42. The number of ether oxygens (including phenoxy) is 4. The van der Waals surface area contributed by atoms with Gasteiger partial charge in [0.05, 0.1) is 32.5 Å². The molecule has 0 amide bonds. The first-order valence-corrected chi connectivity index (χ1v) is 8.08. The summed E-state index contributed by atoms with van der Waals surface area (Å²) in [7, 11) is 4.77. The predicted molar refractivity (Wildman–Crippen MR) is 99.3 cm³/mol. The van der Waals surface area contributed by atoms with Gasteiger partial charge in [0.25, 0.3) is 0 Å². The van der Waals surface area contributed by atoms with Crippen molar-refractivity contribution in [3.05, 3.63) is 64.7 Å². The second-order valence-corrected chi connectivity index (χ2v) is 5.79. The normalized spacial score (nSPS) is 14.8. The molecule has 0 saturated heterocycles. The third-order valence-corrected chi connectivity index (χ3v) is 4.15. The van der Waals surface area contributed by atoms with Gasteiger partial charge in [-0.05, 0) is 54.5 Å². The van der Waals surface area contributed by atoms with E-state index in [1.165, 1.54) is 0 Å². The van der Waals surface area contributed by atoms with Gasteiger partial charge in [-0.1, -0.05) is 12.1 Å². The Morgan fingerprint density at radius 2 is 1.69 bits per heavy atom. The van der Waals surface area contributed by atoms with E-state index in [0.29, 0.717) is 28.4 Å². The van der Waals surface area contributed by atoms with Crippen LogP contribution in [-0.4, -0.2) is 27.3 Å². The lowest BCUT2D eigenvalue weighted by Crippen LogP contribution is -1.99. The molecule has 0 bridgehead atoms. The fourth-order valence-corrected chi connectivity index (χ4v) is 2.73. The van der Waals surface area contributed by atoms with E-state index in [0.717, 1.165) is 16.9 Å². The van der Waals surface area contributed by atoms with Crippen molar-refractivity contribution in [3.63, 3.8) is 0 Å². The number of hydrogen-bond acceptors (Lipinski definition) is 5. The highest BCUT2D eigenvalue weighted by molar-refractivity contribution is 6.05. The maximum absolute atomic E-state index is 12.3. The average molecular weight is 352 g/mol. The zero-order valence-corrected chi connectivity index (χ0v) is 15.2. The highest BCUT2D eigenvalue weighted by Gasteiger charge is 2.24. The summed E-state index contributed by atoms with van der Waals surface area (Å²) in [6, 6.07) is 11.1. The highest BCUT2D eigenvalue weighted by atomic mass is 16.5. The summed E-state index contributed by atoms with van der Waals surface area (Å²) < 4.78 is 21.4. The van der Waals surface area contributed by atoms with Gasteiger partial charge >= 0.3 is 5.97 Å². The molecule has 0 saturated carbocycles. The maximum Gasteiger partial charge on any atom is 0.343 e. The number of benzene rings is 2. The van der Waals surface area contributed by atoms with Crippen molar-refractivity contribution >= 4 is 17.8 Å². The monoisotopic (exact) mass is 352 g/mol. The lowest BCUT2D eigenvalue weighted by molar-refractivity contribution is -0.130. The number of hydrogen-bond donors (Lipinski definition) is 0. The van der Waals surface area contributed by atoms with Crippen LogP contribution in [0.5, 0.6) is 17.2 Å². The Bertz CT molecular complexity index is 909. The Kier molecular flexibility index (Phi) is 4.98. The zero-order chi connectivity index (χ0) is 18.7. The number of carbonyl (C=O) groups is 1. The van der Waals surface area contributed by atoms with E-state index in [4.69, 9.17) is 18.9 Å². The van der Waals surface area contributed by atoms with Crippen molar-refractivity contribution in [2.45, 2.75) is 6.92 Å².